The number of aromatic nitrogens is 2. The number of urea groups is 1. The molecular weight excluding hydrogens is 427 g/mol. The fourth-order valence-corrected chi connectivity index (χ4v) is 3.42. The zero-order valence-corrected chi connectivity index (χ0v) is 18.3. The molecule has 3 aromatic rings. The smallest absolute Gasteiger partial charge is 0.352 e. The number of nitrogens with zero attached hydrogens (tertiary/aromatic N) is 4. The van der Waals surface area contributed by atoms with E-state index in [0.717, 1.165) is 27.1 Å². The van der Waals surface area contributed by atoms with E-state index in [9.17, 15) is 4.79 Å². The van der Waals surface area contributed by atoms with Crippen LogP contribution in [0.5, 0.6) is 5.75 Å². The molecule has 0 aliphatic carbocycles. The summed E-state index contributed by atoms with van der Waals surface area (Å²) in [7, 11) is 1.40. The first kappa shape index (κ1) is 21.9. The van der Waals surface area contributed by atoms with Crippen LogP contribution in [0.4, 0.5) is 10.5 Å². The summed E-state index contributed by atoms with van der Waals surface area (Å²) in [5, 5.41) is 7.05. The summed E-state index contributed by atoms with van der Waals surface area (Å²) in [5.41, 5.74) is 3.63. The van der Waals surface area contributed by atoms with Gasteiger partial charge in [0, 0.05) is 23.3 Å². The lowest BCUT2D eigenvalue weighted by Crippen LogP contribution is -2.49. The maximum Gasteiger partial charge on any atom is 0.352 e. The van der Waals surface area contributed by atoms with E-state index < -0.39 is 6.03 Å². The highest BCUT2D eigenvalue weighted by atomic mass is 35.5. The predicted octanol–water partition coefficient (Wildman–Crippen LogP) is 3.98. The Kier molecular flexibility index (Phi) is 6.52. The van der Waals surface area contributed by atoms with Crippen molar-refractivity contribution < 1.29 is 9.53 Å². The highest BCUT2D eigenvalue weighted by molar-refractivity contribution is 6.32. The lowest BCUT2D eigenvalue weighted by Gasteiger charge is -2.23. The van der Waals surface area contributed by atoms with E-state index in [0.29, 0.717) is 27.0 Å². The van der Waals surface area contributed by atoms with Crippen molar-refractivity contribution in [2.75, 3.05) is 12.1 Å². The molecule has 158 valence electrons. The number of ether oxygens (including phenoxy) is 1. The number of aryl methyl sites for hydroxylation is 2. The summed E-state index contributed by atoms with van der Waals surface area (Å²) in [6, 6.07) is 11.8. The van der Waals surface area contributed by atoms with Crippen molar-refractivity contribution in [3.8, 4) is 11.4 Å². The highest BCUT2D eigenvalue weighted by Gasteiger charge is 2.20. The molecule has 10 heteroatoms. The number of hydrazine groups is 2. The molecule has 3 rings (SSSR count). The van der Waals surface area contributed by atoms with Crippen LogP contribution in [0.2, 0.25) is 10.0 Å². The number of benzene rings is 2. The van der Waals surface area contributed by atoms with Gasteiger partial charge >= 0.3 is 6.03 Å². The molecule has 0 spiro atoms. The predicted molar refractivity (Wildman–Crippen MR) is 118 cm³/mol. The maximum absolute atomic E-state index is 12.1. The van der Waals surface area contributed by atoms with Crippen LogP contribution in [0.3, 0.4) is 0 Å². The molecule has 2 aromatic carbocycles. The number of hydrogen-bond acceptors (Lipinski definition) is 5. The van der Waals surface area contributed by atoms with E-state index in [1.165, 1.54) is 7.05 Å². The third-order valence-electron chi connectivity index (χ3n) is 4.40. The van der Waals surface area contributed by atoms with Crippen LogP contribution in [0.1, 0.15) is 17.0 Å². The minimum absolute atomic E-state index is 0.0449. The average Bonchev–Trinajstić information content (AvgIpc) is 3.04. The lowest BCUT2D eigenvalue weighted by atomic mass is 10.2. The van der Waals surface area contributed by atoms with Crippen molar-refractivity contribution in [3.05, 3.63) is 69.5 Å². The number of amides is 2. The molecular formula is C20H22Cl2N6O2. The standard InChI is InChI=1S/C20H22Cl2N6O2/c1-12-9-13(2)28(25-12)14-7-8-19(17(22)10-14)30-11-15-16(21)5-4-6-18(15)27(24)20(29)26(3)23/h4-10H,11,23-24H2,1-3H3. The molecule has 2 amide bonds. The number of carbonyl (C=O) groups excluding carboxylic acids is 1. The molecule has 1 heterocycles. The summed E-state index contributed by atoms with van der Waals surface area (Å²) in [6.45, 7) is 3.94. The van der Waals surface area contributed by atoms with Crippen LogP contribution in [-0.4, -0.2) is 27.9 Å². The van der Waals surface area contributed by atoms with E-state index in [-0.39, 0.29) is 6.61 Å². The van der Waals surface area contributed by atoms with Gasteiger partial charge in [-0.2, -0.15) is 5.10 Å². The number of anilines is 1. The number of halogens is 2. The van der Waals surface area contributed by atoms with E-state index in [1.54, 1.807) is 35.0 Å². The number of carbonyl (C=O) groups is 1. The fraction of sp³-hybridized carbons (Fsp3) is 0.200. The first-order valence-electron chi connectivity index (χ1n) is 8.99. The molecule has 8 nitrogen and oxygen atoms in total. The third kappa shape index (κ3) is 4.52. The van der Waals surface area contributed by atoms with Crippen molar-refractivity contribution in [2.24, 2.45) is 11.7 Å². The van der Waals surface area contributed by atoms with Gasteiger partial charge in [-0.15, -0.1) is 0 Å². The van der Waals surface area contributed by atoms with Gasteiger partial charge in [0.2, 0.25) is 0 Å². The Balaban J connectivity index is 1.84. The van der Waals surface area contributed by atoms with Gasteiger partial charge in [-0.1, -0.05) is 29.3 Å². The maximum atomic E-state index is 12.1. The van der Waals surface area contributed by atoms with Crippen molar-refractivity contribution in [2.45, 2.75) is 20.5 Å². The van der Waals surface area contributed by atoms with Gasteiger partial charge in [0.25, 0.3) is 0 Å². The largest absolute Gasteiger partial charge is 0.487 e. The molecule has 0 atom stereocenters. The lowest BCUT2D eigenvalue weighted by molar-refractivity contribution is 0.216. The molecule has 0 aliphatic rings. The Labute approximate surface area is 184 Å². The van der Waals surface area contributed by atoms with Crippen molar-refractivity contribution in [3.63, 3.8) is 0 Å². The van der Waals surface area contributed by atoms with Crippen LogP contribution in [-0.2, 0) is 6.61 Å². The molecule has 30 heavy (non-hydrogen) atoms. The summed E-state index contributed by atoms with van der Waals surface area (Å²) in [6.07, 6.45) is 0. The second-order valence-electron chi connectivity index (χ2n) is 6.74. The van der Waals surface area contributed by atoms with Crippen LogP contribution in [0.25, 0.3) is 5.69 Å². The summed E-state index contributed by atoms with van der Waals surface area (Å²) in [5.74, 6) is 11.9. The van der Waals surface area contributed by atoms with Crippen molar-refractivity contribution in [1.29, 1.82) is 0 Å². The Bertz CT molecular complexity index is 1080. The second-order valence-corrected chi connectivity index (χ2v) is 7.56. The quantitative estimate of drug-likeness (QED) is 0.349. The van der Waals surface area contributed by atoms with Crippen molar-refractivity contribution in [1.82, 2.24) is 14.8 Å². The molecule has 4 N–H and O–H groups in total. The van der Waals surface area contributed by atoms with Crippen LogP contribution in [0.15, 0.2) is 42.5 Å². The monoisotopic (exact) mass is 448 g/mol. The first-order valence-corrected chi connectivity index (χ1v) is 9.75. The first-order chi connectivity index (χ1) is 14.2. The topological polar surface area (TPSA) is 103 Å². The van der Waals surface area contributed by atoms with Crippen LogP contribution >= 0.6 is 23.2 Å². The van der Waals surface area contributed by atoms with Crippen LogP contribution < -0.4 is 21.4 Å². The summed E-state index contributed by atoms with van der Waals surface area (Å²) in [4.78, 5) is 12.1. The van der Waals surface area contributed by atoms with Gasteiger partial charge in [-0.05, 0) is 50.2 Å². The molecule has 0 radical (unpaired) electrons. The van der Waals surface area contributed by atoms with E-state index in [4.69, 9.17) is 39.6 Å². The average molecular weight is 449 g/mol. The van der Waals surface area contributed by atoms with Crippen molar-refractivity contribution >= 4 is 34.9 Å². The summed E-state index contributed by atoms with van der Waals surface area (Å²) < 4.78 is 7.68. The third-order valence-corrected chi connectivity index (χ3v) is 5.05. The Morgan fingerprint density at radius 3 is 2.47 bits per heavy atom. The van der Waals surface area contributed by atoms with Gasteiger partial charge in [0.05, 0.1) is 22.1 Å². The number of nitrogens with two attached hydrogens (primary N) is 2. The Morgan fingerprint density at radius 1 is 1.13 bits per heavy atom. The van der Waals surface area contributed by atoms with Gasteiger partial charge in [0.1, 0.15) is 12.4 Å². The minimum Gasteiger partial charge on any atom is -0.487 e. The normalized spacial score (nSPS) is 10.8. The zero-order valence-electron chi connectivity index (χ0n) is 16.8. The number of rotatable bonds is 5. The molecule has 0 aliphatic heterocycles. The second kappa shape index (κ2) is 8.93. The van der Waals surface area contributed by atoms with Gasteiger partial charge in [0.15, 0.2) is 0 Å². The van der Waals surface area contributed by atoms with Gasteiger partial charge in [-0.3, -0.25) is 5.01 Å². The van der Waals surface area contributed by atoms with E-state index in [1.807, 2.05) is 26.0 Å². The summed E-state index contributed by atoms with van der Waals surface area (Å²) >= 11 is 12.8. The molecule has 0 unspecified atom stereocenters. The number of hydrogen-bond donors (Lipinski definition) is 2. The zero-order chi connectivity index (χ0) is 22.0. The highest BCUT2D eigenvalue weighted by Crippen LogP contribution is 2.32. The Morgan fingerprint density at radius 2 is 1.87 bits per heavy atom. The molecule has 0 saturated carbocycles. The minimum atomic E-state index is -0.606. The molecule has 0 fully saturated rings. The Hall–Kier alpha value is -2.78. The van der Waals surface area contributed by atoms with Gasteiger partial charge < -0.3 is 4.74 Å². The SMILES string of the molecule is Cc1cc(C)n(-c2ccc(OCc3c(Cl)cccc3N(N)C(=O)N(C)N)c(Cl)c2)n1. The molecule has 1 aromatic heterocycles. The molecule has 0 bridgehead atoms. The fourth-order valence-electron chi connectivity index (χ4n) is 2.97. The van der Waals surface area contributed by atoms with Gasteiger partial charge in [-0.25, -0.2) is 26.2 Å². The molecule has 0 saturated heterocycles. The van der Waals surface area contributed by atoms with E-state index >= 15 is 0 Å². The van der Waals surface area contributed by atoms with Crippen LogP contribution in [0, 0.1) is 13.8 Å². The van der Waals surface area contributed by atoms with E-state index in [2.05, 4.69) is 5.10 Å².